The van der Waals surface area contributed by atoms with Crippen LogP contribution in [0.1, 0.15) is 50.5 Å². The third kappa shape index (κ3) is 3.29. The Bertz CT molecular complexity index is 1030. The molecule has 2 aromatic rings. The lowest BCUT2D eigenvalue weighted by atomic mass is 9.93. The number of carbonyl (C=O) groups excluding carboxylic acids is 4. The number of benzene rings is 2. The van der Waals surface area contributed by atoms with Gasteiger partial charge >= 0.3 is 11.9 Å². The second-order valence-electron chi connectivity index (χ2n) is 6.04. The van der Waals surface area contributed by atoms with E-state index in [1.165, 1.54) is 49.4 Å². The predicted molar refractivity (Wildman–Crippen MR) is 99.9 cm³/mol. The molecular formula is C21H17NO6. The van der Waals surface area contributed by atoms with Crippen molar-refractivity contribution >= 4 is 29.2 Å². The van der Waals surface area contributed by atoms with Gasteiger partial charge in [-0.1, -0.05) is 18.2 Å². The van der Waals surface area contributed by atoms with Gasteiger partial charge in [-0.05, 0) is 43.7 Å². The predicted octanol–water partition coefficient (Wildman–Crippen LogP) is 2.54. The van der Waals surface area contributed by atoms with E-state index in [9.17, 15) is 19.2 Å². The first kappa shape index (κ1) is 19.0. The molecule has 0 aliphatic carbocycles. The number of para-hydroxylation sites is 1. The summed E-state index contributed by atoms with van der Waals surface area (Å²) < 4.78 is 10.2. The highest BCUT2D eigenvalue weighted by Gasteiger charge is 2.35. The van der Waals surface area contributed by atoms with Crippen molar-refractivity contribution in [2.75, 3.05) is 6.61 Å². The van der Waals surface area contributed by atoms with E-state index in [0.29, 0.717) is 11.1 Å². The van der Waals surface area contributed by atoms with Crippen molar-refractivity contribution in [2.24, 2.45) is 5.73 Å². The Balaban J connectivity index is 2.03. The lowest BCUT2D eigenvalue weighted by Crippen LogP contribution is -2.29. The Hall–Kier alpha value is -3.74. The second kappa shape index (κ2) is 7.48. The minimum Gasteiger partial charge on any atom is -0.462 e. The summed E-state index contributed by atoms with van der Waals surface area (Å²) in [6, 6.07) is 10.5. The average molecular weight is 379 g/mol. The van der Waals surface area contributed by atoms with Gasteiger partial charge in [0.2, 0.25) is 5.78 Å². The summed E-state index contributed by atoms with van der Waals surface area (Å²) in [6.07, 6.45) is 0. The maximum Gasteiger partial charge on any atom is 0.349 e. The molecule has 0 aromatic heterocycles. The van der Waals surface area contributed by atoms with Crippen LogP contribution in [0.2, 0.25) is 0 Å². The Morgan fingerprint density at radius 2 is 1.68 bits per heavy atom. The molecule has 0 unspecified atom stereocenters. The van der Waals surface area contributed by atoms with Gasteiger partial charge in [0, 0.05) is 0 Å². The topological polar surface area (TPSA) is 113 Å². The van der Waals surface area contributed by atoms with E-state index < -0.39 is 17.7 Å². The summed E-state index contributed by atoms with van der Waals surface area (Å²) in [4.78, 5) is 48.8. The second-order valence-corrected chi connectivity index (χ2v) is 6.04. The average Bonchev–Trinajstić information content (AvgIpc) is 2.67. The summed E-state index contributed by atoms with van der Waals surface area (Å²) in [5.74, 6) is -2.43. The molecule has 0 bridgehead atoms. The SMILES string of the molecule is CCOC(=O)c1ccc(/C(N)=C2/C(=O)Oc3c(C(C)=O)cccc3C2=O)cc1. The summed E-state index contributed by atoms with van der Waals surface area (Å²) >= 11 is 0. The fourth-order valence-corrected chi connectivity index (χ4v) is 2.85. The van der Waals surface area contributed by atoms with Crippen LogP contribution in [0.4, 0.5) is 0 Å². The van der Waals surface area contributed by atoms with Gasteiger partial charge in [-0.15, -0.1) is 0 Å². The molecule has 0 amide bonds. The standard InChI is InChI=1S/C21H17NO6/c1-3-27-20(25)13-9-7-12(8-10-13)17(22)16-18(24)15-6-4-5-14(11(2)23)19(15)28-21(16)26/h4-10H,3,22H2,1-2H3/b17-16-. The van der Waals surface area contributed by atoms with Crippen LogP contribution < -0.4 is 10.5 Å². The zero-order valence-electron chi connectivity index (χ0n) is 15.3. The molecule has 1 aliphatic heterocycles. The molecule has 142 valence electrons. The Morgan fingerprint density at radius 3 is 2.29 bits per heavy atom. The number of ketones is 2. The molecule has 1 heterocycles. The van der Waals surface area contributed by atoms with Crippen molar-refractivity contribution in [1.29, 1.82) is 0 Å². The Kier molecular flexibility index (Phi) is 5.08. The molecule has 0 spiro atoms. The quantitative estimate of drug-likeness (QED) is 0.285. The van der Waals surface area contributed by atoms with Crippen LogP contribution >= 0.6 is 0 Å². The van der Waals surface area contributed by atoms with E-state index in [2.05, 4.69) is 0 Å². The molecule has 0 fully saturated rings. The van der Waals surface area contributed by atoms with Gasteiger partial charge in [-0.25, -0.2) is 9.59 Å². The van der Waals surface area contributed by atoms with Crippen LogP contribution in [0, 0.1) is 0 Å². The van der Waals surface area contributed by atoms with E-state index in [4.69, 9.17) is 15.2 Å². The number of ether oxygens (including phenoxy) is 2. The first-order valence-corrected chi connectivity index (χ1v) is 8.53. The van der Waals surface area contributed by atoms with Crippen molar-refractivity contribution in [3.63, 3.8) is 0 Å². The van der Waals surface area contributed by atoms with Gasteiger partial charge in [0.15, 0.2) is 11.5 Å². The van der Waals surface area contributed by atoms with Crippen LogP contribution in [0.5, 0.6) is 5.75 Å². The smallest absolute Gasteiger partial charge is 0.349 e. The van der Waals surface area contributed by atoms with Crippen molar-refractivity contribution in [3.05, 3.63) is 70.3 Å². The fourth-order valence-electron chi connectivity index (χ4n) is 2.85. The van der Waals surface area contributed by atoms with Gasteiger partial charge in [-0.2, -0.15) is 0 Å². The van der Waals surface area contributed by atoms with Gasteiger partial charge in [0.25, 0.3) is 0 Å². The van der Waals surface area contributed by atoms with Gasteiger partial charge in [0.1, 0.15) is 5.57 Å². The van der Waals surface area contributed by atoms with Crippen LogP contribution in [0.25, 0.3) is 5.70 Å². The number of carbonyl (C=O) groups is 4. The number of hydrogen-bond acceptors (Lipinski definition) is 7. The normalized spacial score (nSPS) is 14.8. The largest absolute Gasteiger partial charge is 0.462 e. The van der Waals surface area contributed by atoms with E-state index in [-0.39, 0.29) is 40.5 Å². The number of nitrogens with two attached hydrogens (primary N) is 1. The van der Waals surface area contributed by atoms with Gasteiger partial charge in [-0.3, -0.25) is 9.59 Å². The third-order valence-electron chi connectivity index (χ3n) is 4.24. The van der Waals surface area contributed by atoms with Crippen molar-refractivity contribution in [1.82, 2.24) is 0 Å². The molecular weight excluding hydrogens is 362 g/mol. The number of hydrogen-bond donors (Lipinski definition) is 1. The molecule has 28 heavy (non-hydrogen) atoms. The van der Waals surface area contributed by atoms with E-state index in [0.717, 1.165) is 0 Å². The molecule has 7 nitrogen and oxygen atoms in total. The first-order chi connectivity index (χ1) is 13.3. The van der Waals surface area contributed by atoms with Crippen molar-refractivity contribution < 1.29 is 28.7 Å². The molecule has 0 atom stereocenters. The molecule has 0 radical (unpaired) electrons. The van der Waals surface area contributed by atoms with Crippen LogP contribution in [0.15, 0.2) is 48.0 Å². The van der Waals surface area contributed by atoms with Crippen molar-refractivity contribution in [2.45, 2.75) is 13.8 Å². The maximum absolute atomic E-state index is 12.9. The number of Topliss-reactive ketones (excluding diaryl/α,β-unsaturated/α-hetero) is 2. The van der Waals surface area contributed by atoms with Crippen molar-refractivity contribution in [3.8, 4) is 5.75 Å². The molecule has 7 heteroatoms. The van der Waals surface area contributed by atoms with E-state index >= 15 is 0 Å². The lowest BCUT2D eigenvalue weighted by molar-refractivity contribution is -0.130. The highest BCUT2D eigenvalue weighted by Crippen LogP contribution is 2.33. The van der Waals surface area contributed by atoms with E-state index in [1.54, 1.807) is 6.92 Å². The molecule has 0 saturated carbocycles. The highest BCUT2D eigenvalue weighted by molar-refractivity contribution is 6.32. The van der Waals surface area contributed by atoms with Gasteiger partial charge in [0.05, 0.1) is 29.0 Å². The lowest BCUT2D eigenvalue weighted by Gasteiger charge is -2.20. The number of fused-ring (bicyclic) bond motifs is 1. The fraction of sp³-hybridized carbons (Fsp3) is 0.143. The van der Waals surface area contributed by atoms with Gasteiger partial charge < -0.3 is 15.2 Å². The minimum absolute atomic E-state index is 0.0563. The van der Waals surface area contributed by atoms with Crippen LogP contribution in [-0.2, 0) is 9.53 Å². The van der Waals surface area contributed by atoms with Crippen LogP contribution in [-0.4, -0.2) is 30.1 Å². The Labute approximate surface area is 160 Å². The molecule has 2 aromatic carbocycles. The zero-order valence-corrected chi connectivity index (χ0v) is 15.3. The van der Waals surface area contributed by atoms with E-state index in [1.807, 2.05) is 0 Å². The maximum atomic E-state index is 12.9. The molecule has 3 rings (SSSR count). The number of rotatable bonds is 4. The molecule has 2 N–H and O–H groups in total. The minimum atomic E-state index is -0.932. The summed E-state index contributed by atoms with van der Waals surface area (Å²) in [7, 11) is 0. The Morgan fingerprint density at radius 1 is 1.04 bits per heavy atom. The third-order valence-corrected chi connectivity index (χ3v) is 4.24. The monoisotopic (exact) mass is 379 g/mol. The summed E-state index contributed by atoms with van der Waals surface area (Å²) in [5.41, 5.74) is 6.60. The summed E-state index contributed by atoms with van der Waals surface area (Å²) in [5, 5.41) is 0. The van der Waals surface area contributed by atoms with Crippen LogP contribution in [0.3, 0.4) is 0 Å². The highest BCUT2D eigenvalue weighted by atomic mass is 16.5. The molecule has 1 aliphatic rings. The summed E-state index contributed by atoms with van der Waals surface area (Å²) in [6.45, 7) is 3.26. The zero-order chi connectivity index (χ0) is 20.4. The molecule has 0 saturated heterocycles. The number of esters is 2. The first-order valence-electron chi connectivity index (χ1n) is 8.53.